The molecule has 0 aliphatic carbocycles. The summed E-state index contributed by atoms with van der Waals surface area (Å²) in [6, 6.07) is 5.16. The van der Waals surface area contributed by atoms with Gasteiger partial charge in [-0.05, 0) is 34.5 Å². The third kappa shape index (κ3) is 5.84. The van der Waals surface area contributed by atoms with Gasteiger partial charge in [0, 0.05) is 16.6 Å². The quantitative estimate of drug-likeness (QED) is 0.738. The summed E-state index contributed by atoms with van der Waals surface area (Å²) in [5, 5.41) is 14.0. The van der Waals surface area contributed by atoms with E-state index in [9.17, 15) is 9.59 Å². The Kier molecular flexibility index (Phi) is 6.30. The van der Waals surface area contributed by atoms with Crippen LogP contribution in [0.15, 0.2) is 24.5 Å². The number of aromatic nitrogens is 4. The number of tetrazole rings is 1. The van der Waals surface area contributed by atoms with E-state index in [1.54, 1.807) is 18.2 Å². The fourth-order valence-corrected chi connectivity index (χ4v) is 2.19. The summed E-state index contributed by atoms with van der Waals surface area (Å²) in [7, 11) is 0. The zero-order valence-corrected chi connectivity index (χ0v) is 13.4. The molecule has 0 spiro atoms. The molecule has 0 fully saturated rings. The minimum Gasteiger partial charge on any atom is -0.454 e. The summed E-state index contributed by atoms with van der Waals surface area (Å²) in [5.41, 5.74) is 0.868. The van der Waals surface area contributed by atoms with Gasteiger partial charge in [0.25, 0.3) is 5.91 Å². The Balaban J connectivity index is 1.66. The second-order valence-corrected chi connectivity index (χ2v) is 5.35. The third-order valence-corrected chi connectivity index (χ3v) is 3.37. The Labute approximate surface area is 141 Å². The largest absolute Gasteiger partial charge is 0.454 e. The van der Waals surface area contributed by atoms with Gasteiger partial charge >= 0.3 is 5.97 Å². The molecule has 0 aliphatic rings. The number of hydrogen-bond donors (Lipinski definition) is 1. The minimum absolute atomic E-state index is 0.152. The highest BCUT2D eigenvalue weighted by atomic mass is 35.5. The monoisotopic (exact) mass is 357 g/mol. The maximum atomic E-state index is 11.6. The second kappa shape index (κ2) is 8.44. The smallest absolute Gasteiger partial charge is 0.328 e. The van der Waals surface area contributed by atoms with Crippen molar-refractivity contribution in [1.82, 2.24) is 25.5 Å². The van der Waals surface area contributed by atoms with Crippen LogP contribution in [0.4, 0.5) is 0 Å². The van der Waals surface area contributed by atoms with Gasteiger partial charge in [0.05, 0.1) is 0 Å². The third-order valence-electron chi connectivity index (χ3n) is 2.78. The normalized spacial score (nSPS) is 10.3. The Bertz CT molecular complexity index is 678. The van der Waals surface area contributed by atoms with E-state index in [-0.39, 0.29) is 13.2 Å². The van der Waals surface area contributed by atoms with Gasteiger partial charge < -0.3 is 10.1 Å². The number of nitrogens with zero attached hydrogens (tertiary/aromatic N) is 4. The first kappa shape index (κ1) is 17.2. The molecule has 0 bridgehead atoms. The van der Waals surface area contributed by atoms with Crippen LogP contribution in [0.3, 0.4) is 0 Å². The zero-order valence-electron chi connectivity index (χ0n) is 11.9. The second-order valence-electron chi connectivity index (χ2n) is 4.50. The lowest BCUT2D eigenvalue weighted by Crippen LogP contribution is -2.31. The molecule has 1 aromatic carbocycles. The Hall–Kier alpha value is -2.19. The van der Waals surface area contributed by atoms with E-state index in [1.165, 1.54) is 11.0 Å². The highest BCUT2D eigenvalue weighted by Gasteiger charge is 2.09. The first-order valence-electron chi connectivity index (χ1n) is 6.61. The van der Waals surface area contributed by atoms with Crippen LogP contribution in [-0.4, -0.2) is 45.2 Å². The Morgan fingerprint density at radius 1 is 1.30 bits per heavy atom. The number of rotatable bonds is 7. The van der Waals surface area contributed by atoms with Gasteiger partial charge in [-0.25, -0.2) is 4.68 Å². The molecular weight excluding hydrogens is 345 g/mol. The van der Waals surface area contributed by atoms with E-state index in [2.05, 4.69) is 20.8 Å². The maximum absolute atomic E-state index is 11.6. The van der Waals surface area contributed by atoms with Crippen LogP contribution >= 0.6 is 23.2 Å². The van der Waals surface area contributed by atoms with Gasteiger partial charge in [0.1, 0.15) is 12.9 Å². The van der Waals surface area contributed by atoms with Crippen LogP contribution in [0.2, 0.25) is 10.0 Å². The van der Waals surface area contributed by atoms with Crippen LogP contribution in [0.25, 0.3) is 0 Å². The van der Waals surface area contributed by atoms with E-state index in [0.717, 1.165) is 5.56 Å². The molecule has 0 saturated carbocycles. The molecule has 1 N–H and O–H groups in total. The summed E-state index contributed by atoms with van der Waals surface area (Å²) < 4.78 is 6.01. The molecule has 0 aliphatic heterocycles. The average Bonchev–Trinajstić information content (AvgIpc) is 3.00. The van der Waals surface area contributed by atoms with Crippen molar-refractivity contribution in [3.8, 4) is 0 Å². The number of benzene rings is 1. The number of halogens is 2. The highest BCUT2D eigenvalue weighted by Crippen LogP contribution is 2.20. The summed E-state index contributed by atoms with van der Waals surface area (Å²) in [6.45, 7) is -0.152. The molecule has 122 valence electrons. The van der Waals surface area contributed by atoms with E-state index < -0.39 is 11.9 Å². The molecule has 8 nitrogen and oxygen atoms in total. The predicted molar refractivity (Wildman–Crippen MR) is 82.0 cm³/mol. The summed E-state index contributed by atoms with van der Waals surface area (Å²) in [4.78, 5) is 23.0. The number of carbonyl (C=O) groups excluding carboxylic acids is 2. The number of hydrogen-bond acceptors (Lipinski definition) is 6. The van der Waals surface area contributed by atoms with Crippen LogP contribution in [0.5, 0.6) is 0 Å². The number of nitrogens with one attached hydrogen (secondary N) is 1. The maximum Gasteiger partial charge on any atom is 0.328 e. The van der Waals surface area contributed by atoms with Crippen LogP contribution in [-0.2, 0) is 27.3 Å². The van der Waals surface area contributed by atoms with Crippen molar-refractivity contribution in [1.29, 1.82) is 0 Å². The topological polar surface area (TPSA) is 99.0 Å². The lowest BCUT2D eigenvalue weighted by atomic mass is 10.1. The molecule has 0 unspecified atom stereocenters. The van der Waals surface area contributed by atoms with Gasteiger partial charge in [0.15, 0.2) is 6.61 Å². The lowest BCUT2D eigenvalue weighted by Gasteiger charge is -2.08. The van der Waals surface area contributed by atoms with Crippen molar-refractivity contribution in [3.05, 3.63) is 40.1 Å². The summed E-state index contributed by atoms with van der Waals surface area (Å²) in [5.74, 6) is -1.01. The molecule has 1 aromatic heterocycles. The first-order chi connectivity index (χ1) is 11.0. The molecule has 1 heterocycles. The fourth-order valence-electron chi connectivity index (χ4n) is 1.69. The van der Waals surface area contributed by atoms with Crippen molar-refractivity contribution in [2.75, 3.05) is 13.2 Å². The minimum atomic E-state index is -0.604. The van der Waals surface area contributed by atoms with Crippen molar-refractivity contribution >= 4 is 35.1 Å². The first-order valence-corrected chi connectivity index (χ1v) is 7.37. The number of amides is 1. The molecule has 10 heteroatoms. The Morgan fingerprint density at radius 2 is 2.13 bits per heavy atom. The van der Waals surface area contributed by atoms with Crippen molar-refractivity contribution in [2.24, 2.45) is 0 Å². The van der Waals surface area contributed by atoms with Crippen molar-refractivity contribution in [2.45, 2.75) is 13.0 Å². The standard InChI is InChI=1S/C13H13Cl2N5O3/c14-10-2-1-9(11(15)5-10)3-4-16-12(21)7-23-13(22)6-20-8-17-18-19-20/h1-2,5,8H,3-4,6-7H2,(H,16,21). The molecule has 2 aromatic rings. The van der Waals surface area contributed by atoms with Crippen molar-refractivity contribution in [3.63, 3.8) is 0 Å². The van der Waals surface area contributed by atoms with Gasteiger partial charge in [-0.3, -0.25) is 9.59 Å². The van der Waals surface area contributed by atoms with Crippen LogP contribution in [0.1, 0.15) is 5.56 Å². The number of ether oxygens (including phenoxy) is 1. The molecule has 0 saturated heterocycles. The molecule has 1 amide bonds. The summed E-state index contributed by atoms with van der Waals surface area (Å²) in [6.07, 6.45) is 1.82. The fraction of sp³-hybridized carbons (Fsp3) is 0.308. The van der Waals surface area contributed by atoms with E-state index >= 15 is 0 Å². The van der Waals surface area contributed by atoms with E-state index in [4.69, 9.17) is 27.9 Å². The lowest BCUT2D eigenvalue weighted by molar-refractivity contribution is -0.149. The number of esters is 1. The molecule has 0 radical (unpaired) electrons. The zero-order chi connectivity index (χ0) is 16.7. The molecule has 0 atom stereocenters. The van der Waals surface area contributed by atoms with Crippen LogP contribution < -0.4 is 5.32 Å². The summed E-state index contributed by atoms with van der Waals surface area (Å²) >= 11 is 11.8. The highest BCUT2D eigenvalue weighted by molar-refractivity contribution is 6.35. The van der Waals surface area contributed by atoms with Gasteiger partial charge in [-0.1, -0.05) is 29.3 Å². The molecule has 23 heavy (non-hydrogen) atoms. The van der Waals surface area contributed by atoms with E-state index in [1.807, 2.05) is 0 Å². The van der Waals surface area contributed by atoms with E-state index in [0.29, 0.717) is 23.0 Å². The van der Waals surface area contributed by atoms with Crippen LogP contribution in [0, 0.1) is 0 Å². The SMILES string of the molecule is O=C(COC(=O)Cn1cnnn1)NCCc1ccc(Cl)cc1Cl. The predicted octanol–water partition coefficient (Wildman–Crippen LogP) is 0.882. The molecular formula is C13H13Cl2N5O3. The molecule has 2 rings (SSSR count). The number of carbonyl (C=O) groups is 2. The van der Waals surface area contributed by atoms with Crippen molar-refractivity contribution < 1.29 is 14.3 Å². The van der Waals surface area contributed by atoms with Gasteiger partial charge in [0.2, 0.25) is 0 Å². The van der Waals surface area contributed by atoms with Gasteiger partial charge in [-0.15, -0.1) is 5.10 Å². The average molecular weight is 358 g/mol. The Morgan fingerprint density at radius 3 is 2.83 bits per heavy atom. The van der Waals surface area contributed by atoms with Gasteiger partial charge in [-0.2, -0.15) is 0 Å².